The molecule has 0 amide bonds. The fourth-order valence-electron chi connectivity index (χ4n) is 0.693. The van der Waals surface area contributed by atoms with Gasteiger partial charge in [0.2, 0.25) is 0 Å². The van der Waals surface area contributed by atoms with E-state index in [9.17, 15) is 0 Å². The first-order valence-corrected chi connectivity index (χ1v) is 5.05. The molecule has 0 fully saturated rings. The number of benzene rings is 1. The molecule has 1 nitrogen and oxygen atoms in total. The van der Waals surface area contributed by atoms with Crippen molar-refractivity contribution in [3.8, 4) is 5.75 Å². The fraction of sp³-hybridized carbons (Fsp3) is 0.111. The Hall–Kier alpha value is -0.441. The van der Waals surface area contributed by atoms with Crippen molar-refractivity contribution in [3.05, 3.63) is 40.5 Å². The van der Waals surface area contributed by atoms with E-state index in [-0.39, 0.29) is 0 Å². The third kappa shape index (κ3) is 3.46. The van der Waals surface area contributed by atoms with Gasteiger partial charge in [-0.1, -0.05) is 0 Å². The molecule has 0 atom stereocenters. The first kappa shape index (κ1) is 8.65. The summed E-state index contributed by atoms with van der Waals surface area (Å²) in [6, 6.07) is 9.80. The standard InChI is InChI=1S/C9H9O.Sn.H/c1-2-8-10-9-6-4-3-5-7-9;;/h3-7H,1,8H2;;. The quantitative estimate of drug-likeness (QED) is 0.741. The van der Waals surface area contributed by atoms with Crippen LogP contribution in [0.4, 0.5) is 0 Å². The van der Waals surface area contributed by atoms with E-state index in [1.807, 2.05) is 30.3 Å². The van der Waals surface area contributed by atoms with Crippen LogP contribution in [0.25, 0.3) is 0 Å². The summed E-state index contributed by atoms with van der Waals surface area (Å²) in [5.41, 5.74) is 0. The van der Waals surface area contributed by atoms with E-state index < -0.39 is 0 Å². The second-order valence-corrected chi connectivity index (χ2v) is 4.59. The zero-order chi connectivity index (χ0) is 8.10. The van der Waals surface area contributed by atoms with E-state index in [1.165, 1.54) is 3.59 Å². The molecule has 0 saturated carbocycles. The van der Waals surface area contributed by atoms with E-state index in [4.69, 9.17) is 4.74 Å². The normalized spacial score (nSPS) is 9.18. The molecule has 1 aromatic rings. The minimum absolute atomic E-state index is 0.659. The number of hydrogen-bond donors (Lipinski definition) is 0. The van der Waals surface area contributed by atoms with Gasteiger partial charge < -0.3 is 0 Å². The van der Waals surface area contributed by atoms with Gasteiger partial charge >= 0.3 is 80.1 Å². The number of hydrogen-bond acceptors (Lipinski definition) is 1. The predicted octanol–water partition coefficient (Wildman–Crippen LogP) is 1.48. The molecule has 0 aliphatic carbocycles. The molecule has 56 valence electrons. The summed E-state index contributed by atoms with van der Waals surface area (Å²) in [6.45, 7) is 4.46. The molecule has 0 unspecified atom stereocenters. The number of rotatable bonds is 3. The first-order chi connectivity index (χ1) is 5.29. The molecule has 0 N–H and O–H groups in total. The van der Waals surface area contributed by atoms with Crippen LogP contribution in [0.15, 0.2) is 40.5 Å². The fourth-order valence-corrected chi connectivity index (χ4v) is 0.931. The van der Waals surface area contributed by atoms with Crippen molar-refractivity contribution in [1.82, 2.24) is 0 Å². The predicted molar refractivity (Wildman–Crippen MR) is 48.2 cm³/mol. The molecule has 0 aliphatic heterocycles. The molecule has 0 bridgehead atoms. The first-order valence-electron chi connectivity index (χ1n) is 3.40. The summed E-state index contributed by atoms with van der Waals surface area (Å²) in [4.78, 5) is 0. The molecule has 1 rings (SSSR count). The minimum atomic E-state index is 0.659. The number of ether oxygens (including phenoxy) is 1. The maximum absolute atomic E-state index is 5.40. The van der Waals surface area contributed by atoms with Crippen molar-refractivity contribution in [1.29, 1.82) is 0 Å². The zero-order valence-electron chi connectivity index (χ0n) is 6.29. The van der Waals surface area contributed by atoms with Crippen molar-refractivity contribution < 1.29 is 4.74 Å². The monoisotopic (exact) mass is 254 g/mol. The van der Waals surface area contributed by atoms with Crippen LogP contribution in [0.1, 0.15) is 0 Å². The summed E-state index contributed by atoms with van der Waals surface area (Å²) < 4.78 is 6.57. The topological polar surface area (TPSA) is 9.23 Å². The van der Waals surface area contributed by atoms with Crippen LogP contribution in [-0.4, -0.2) is 29.1 Å². The van der Waals surface area contributed by atoms with Crippen molar-refractivity contribution in [2.45, 2.75) is 0 Å². The van der Waals surface area contributed by atoms with Crippen LogP contribution >= 0.6 is 0 Å². The molecule has 0 heterocycles. The Kier molecular flexibility index (Phi) is 3.49. The Bertz CT molecular complexity index is 231. The molecular formula is C9H10OSn. The SMILES string of the molecule is C=[C]([SnH])COc1ccccc1. The number of para-hydroxylation sites is 1. The van der Waals surface area contributed by atoms with Crippen LogP contribution in [0.5, 0.6) is 5.75 Å². The van der Waals surface area contributed by atoms with Gasteiger partial charge in [-0.15, -0.1) is 0 Å². The molecule has 2 heteroatoms. The Morgan fingerprint density at radius 2 is 2.00 bits per heavy atom. The van der Waals surface area contributed by atoms with E-state index in [2.05, 4.69) is 6.58 Å². The van der Waals surface area contributed by atoms with Gasteiger partial charge in [0.25, 0.3) is 0 Å². The molecule has 0 spiro atoms. The zero-order valence-corrected chi connectivity index (χ0v) is 9.58. The molecule has 1 aromatic carbocycles. The molecule has 11 heavy (non-hydrogen) atoms. The van der Waals surface area contributed by atoms with Gasteiger partial charge in [-0.25, -0.2) is 0 Å². The Labute approximate surface area is 80.2 Å². The third-order valence-electron chi connectivity index (χ3n) is 1.17. The summed E-state index contributed by atoms with van der Waals surface area (Å²) in [5, 5.41) is 0. The Balaban J connectivity index is 2.45. The molecule has 2 radical (unpaired) electrons. The van der Waals surface area contributed by atoms with Crippen LogP contribution in [0, 0.1) is 0 Å². The molecule has 0 aromatic heterocycles. The van der Waals surface area contributed by atoms with Gasteiger partial charge in [-0.3, -0.25) is 0 Å². The summed E-state index contributed by atoms with van der Waals surface area (Å²) in [5.74, 6) is 0.919. The van der Waals surface area contributed by atoms with E-state index >= 15 is 0 Å². The summed E-state index contributed by atoms with van der Waals surface area (Å²) >= 11 is 1.07. The summed E-state index contributed by atoms with van der Waals surface area (Å²) in [7, 11) is 0. The van der Waals surface area contributed by atoms with Crippen LogP contribution in [0.3, 0.4) is 0 Å². The molecular weight excluding hydrogens is 243 g/mol. The van der Waals surface area contributed by atoms with Gasteiger partial charge in [0, 0.05) is 0 Å². The second-order valence-electron chi connectivity index (χ2n) is 2.26. The van der Waals surface area contributed by atoms with Crippen molar-refractivity contribution in [2.75, 3.05) is 6.61 Å². The van der Waals surface area contributed by atoms with Crippen LogP contribution in [-0.2, 0) is 0 Å². The van der Waals surface area contributed by atoms with Gasteiger partial charge in [0.1, 0.15) is 0 Å². The van der Waals surface area contributed by atoms with Crippen molar-refractivity contribution in [3.63, 3.8) is 0 Å². The average molecular weight is 253 g/mol. The third-order valence-corrected chi connectivity index (χ3v) is 1.64. The van der Waals surface area contributed by atoms with E-state index in [0.29, 0.717) is 6.61 Å². The van der Waals surface area contributed by atoms with Gasteiger partial charge in [0.15, 0.2) is 0 Å². The van der Waals surface area contributed by atoms with Crippen LogP contribution < -0.4 is 4.74 Å². The molecule has 0 aliphatic rings. The van der Waals surface area contributed by atoms with Gasteiger partial charge in [0.05, 0.1) is 0 Å². The van der Waals surface area contributed by atoms with Crippen molar-refractivity contribution >= 4 is 22.5 Å². The van der Waals surface area contributed by atoms with Gasteiger partial charge in [-0.2, -0.15) is 0 Å². The average Bonchev–Trinajstić information content (AvgIpc) is 2.03. The second kappa shape index (κ2) is 4.44. The Morgan fingerprint density at radius 1 is 1.36 bits per heavy atom. The summed E-state index contributed by atoms with van der Waals surface area (Å²) in [6.07, 6.45) is 0. The van der Waals surface area contributed by atoms with Gasteiger partial charge in [-0.05, 0) is 0 Å². The molecule has 0 saturated heterocycles. The van der Waals surface area contributed by atoms with E-state index in [0.717, 1.165) is 28.3 Å². The van der Waals surface area contributed by atoms with E-state index in [1.54, 1.807) is 0 Å². The van der Waals surface area contributed by atoms with Crippen molar-refractivity contribution in [2.24, 2.45) is 0 Å². The van der Waals surface area contributed by atoms with Crippen LogP contribution in [0.2, 0.25) is 0 Å². The Morgan fingerprint density at radius 3 is 2.55 bits per heavy atom. The maximum atomic E-state index is 5.40.